The number of carbonyl (C=O) groups excluding carboxylic acids is 2. The lowest BCUT2D eigenvalue weighted by atomic mass is 9.98. The SMILES string of the molecule is Cc1cc(OCC(=O)N2CCN(CC(=O)NC3CC3)CC2)ccc1C(C)C. The predicted molar refractivity (Wildman–Crippen MR) is 105 cm³/mol. The van der Waals surface area contributed by atoms with Gasteiger partial charge in [0.25, 0.3) is 5.91 Å². The molecule has 1 N–H and O–H groups in total. The Morgan fingerprint density at radius 1 is 1.19 bits per heavy atom. The van der Waals surface area contributed by atoms with Gasteiger partial charge in [0.05, 0.1) is 6.54 Å². The largest absolute Gasteiger partial charge is 0.484 e. The summed E-state index contributed by atoms with van der Waals surface area (Å²) in [4.78, 5) is 28.2. The number of nitrogens with one attached hydrogen (secondary N) is 1. The van der Waals surface area contributed by atoms with E-state index in [9.17, 15) is 9.59 Å². The zero-order chi connectivity index (χ0) is 19.4. The van der Waals surface area contributed by atoms with Crippen molar-refractivity contribution < 1.29 is 14.3 Å². The highest BCUT2D eigenvalue weighted by Crippen LogP contribution is 2.23. The minimum absolute atomic E-state index is 0.00247. The van der Waals surface area contributed by atoms with Gasteiger partial charge in [-0.2, -0.15) is 0 Å². The minimum atomic E-state index is 0.00247. The van der Waals surface area contributed by atoms with Crippen molar-refractivity contribution in [3.8, 4) is 5.75 Å². The highest BCUT2D eigenvalue weighted by atomic mass is 16.5. The van der Waals surface area contributed by atoms with Crippen LogP contribution in [0.1, 0.15) is 43.7 Å². The van der Waals surface area contributed by atoms with Crippen LogP contribution in [-0.2, 0) is 9.59 Å². The molecule has 0 atom stereocenters. The van der Waals surface area contributed by atoms with Gasteiger partial charge in [0.2, 0.25) is 5.91 Å². The maximum absolute atomic E-state index is 12.4. The summed E-state index contributed by atoms with van der Waals surface area (Å²) in [5.74, 6) is 1.31. The predicted octanol–water partition coefficient (Wildman–Crippen LogP) is 1.92. The fraction of sp³-hybridized carbons (Fsp3) is 0.619. The minimum Gasteiger partial charge on any atom is -0.484 e. The molecule has 1 heterocycles. The van der Waals surface area contributed by atoms with Gasteiger partial charge in [-0.3, -0.25) is 14.5 Å². The first-order valence-corrected chi connectivity index (χ1v) is 9.95. The molecule has 0 unspecified atom stereocenters. The monoisotopic (exact) mass is 373 g/mol. The number of hydrogen-bond donors (Lipinski definition) is 1. The number of aryl methyl sites for hydroxylation is 1. The van der Waals surface area contributed by atoms with Crippen molar-refractivity contribution in [1.29, 1.82) is 0 Å². The molecule has 27 heavy (non-hydrogen) atoms. The van der Waals surface area contributed by atoms with Gasteiger partial charge in [-0.25, -0.2) is 0 Å². The molecule has 0 aromatic heterocycles. The highest BCUT2D eigenvalue weighted by Gasteiger charge is 2.26. The summed E-state index contributed by atoms with van der Waals surface area (Å²) >= 11 is 0. The van der Waals surface area contributed by atoms with Gasteiger partial charge in [-0.1, -0.05) is 19.9 Å². The van der Waals surface area contributed by atoms with E-state index in [2.05, 4.69) is 37.1 Å². The topological polar surface area (TPSA) is 61.9 Å². The van der Waals surface area contributed by atoms with E-state index < -0.39 is 0 Å². The summed E-state index contributed by atoms with van der Waals surface area (Å²) in [6, 6.07) is 6.41. The molecule has 6 nitrogen and oxygen atoms in total. The van der Waals surface area contributed by atoms with E-state index in [1.165, 1.54) is 11.1 Å². The second-order valence-electron chi connectivity index (χ2n) is 7.96. The lowest BCUT2D eigenvalue weighted by Crippen LogP contribution is -2.52. The van der Waals surface area contributed by atoms with Crippen molar-refractivity contribution in [3.63, 3.8) is 0 Å². The van der Waals surface area contributed by atoms with Crippen molar-refractivity contribution in [2.24, 2.45) is 0 Å². The van der Waals surface area contributed by atoms with E-state index >= 15 is 0 Å². The first-order chi connectivity index (χ1) is 12.9. The average molecular weight is 373 g/mol. The number of piperazine rings is 1. The molecule has 0 spiro atoms. The molecule has 0 bridgehead atoms. The Balaban J connectivity index is 1.40. The standard InChI is InChI=1S/C21H31N3O3/c1-15(2)19-7-6-18(12-16(19)3)27-14-21(26)24-10-8-23(9-11-24)13-20(25)22-17-4-5-17/h6-7,12,15,17H,4-5,8-11,13-14H2,1-3H3,(H,22,25). The number of ether oxygens (including phenoxy) is 1. The molecule has 148 valence electrons. The van der Waals surface area contributed by atoms with E-state index in [4.69, 9.17) is 4.74 Å². The van der Waals surface area contributed by atoms with Crippen LogP contribution >= 0.6 is 0 Å². The Kier molecular flexibility index (Phi) is 6.37. The first-order valence-electron chi connectivity index (χ1n) is 9.95. The maximum Gasteiger partial charge on any atom is 0.260 e. The van der Waals surface area contributed by atoms with Crippen LogP contribution in [0.3, 0.4) is 0 Å². The zero-order valence-electron chi connectivity index (χ0n) is 16.7. The summed E-state index contributed by atoms with van der Waals surface area (Å²) in [6.45, 7) is 9.64. The van der Waals surface area contributed by atoms with Crippen molar-refractivity contribution in [3.05, 3.63) is 29.3 Å². The molecular weight excluding hydrogens is 342 g/mol. The molecule has 1 aromatic rings. The van der Waals surface area contributed by atoms with Crippen LogP contribution in [-0.4, -0.2) is 67.0 Å². The maximum atomic E-state index is 12.4. The van der Waals surface area contributed by atoms with E-state index in [0.717, 1.165) is 31.7 Å². The summed E-state index contributed by atoms with van der Waals surface area (Å²) in [5.41, 5.74) is 2.49. The van der Waals surface area contributed by atoms with Crippen molar-refractivity contribution in [2.75, 3.05) is 39.3 Å². The van der Waals surface area contributed by atoms with Gasteiger partial charge in [0, 0.05) is 32.2 Å². The fourth-order valence-corrected chi connectivity index (χ4v) is 3.48. The second kappa shape index (κ2) is 8.74. The lowest BCUT2D eigenvalue weighted by molar-refractivity contribution is -0.135. The van der Waals surface area contributed by atoms with Gasteiger partial charge in [-0.05, 0) is 48.9 Å². The van der Waals surface area contributed by atoms with Crippen LogP contribution in [0.5, 0.6) is 5.75 Å². The number of amides is 2. The Hall–Kier alpha value is -2.08. The number of hydrogen-bond acceptors (Lipinski definition) is 4. The highest BCUT2D eigenvalue weighted by molar-refractivity contribution is 5.79. The van der Waals surface area contributed by atoms with Gasteiger partial charge >= 0.3 is 0 Å². The molecule has 6 heteroatoms. The number of carbonyl (C=O) groups is 2. The summed E-state index contributed by atoms with van der Waals surface area (Å²) in [7, 11) is 0. The van der Waals surface area contributed by atoms with Crippen LogP contribution in [0, 0.1) is 6.92 Å². The molecule has 1 aromatic carbocycles. The van der Waals surface area contributed by atoms with Crippen LogP contribution in [0.4, 0.5) is 0 Å². The Bertz CT molecular complexity index is 677. The van der Waals surface area contributed by atoms with Crippen LogP contribution in [0.25, 0.3) is 0 Å². The van der Waals surface area contributed by atoms with E-state index in [1.807, 2.05) is 17.0 Å². The molecule has 1 aliphatic heterocycles. The third-order valence-corrected chi connectivity index (χ3v) is 5.26. The number of rotatable bonds is 7. The molecule has 1 aliphatic carbocycles. The average Bonchev–Trinajstić information content (AvgIpc) is 3.43. The molecule has 2 fully saturated rings. The summed E-state index contributed by atoms with van der Waals surface area (Å²) in [5, 5.41) is 3.01. The van der Waals surface area contributed by atoms with Crippen molar-refractivity contribution in [2.45, 2.75) is 45.6 Å². The number of nitrogens with zero attached hydrogens (tertiary/aromatic N) is 2. The Morgan fingerprint density at radius 2 is 1.89 bits per heavy atom. The van der Waals surface area contributed by atoms with Gasteiger partial charge in [0.15, 0.2) is 6.61 Å². The van der Waals surface area contributed by atoms with Gasteiger partial charge in [0.1, 0.15) is 5.75 Å². The molecule has 2 amide bonds. The van der Waals surface area contributed by atoms with Gasteiger partial charge < -0.3 is 15.0 Å². The smallest absolute Gasteiger partial charge is 0.260 e. The number of benzene rings is 1. The molecule has 1 saturated carbocycles. The Morgan fingerprint density at radius 3 is 2.48 bits per heavy atom. The summed E-state index contributed by atoms with van der Waals surface area (Å²) < 4.78 is 5.71. The van der Waals surface area contributed by atoms with E-state index in [1.54, 1.807) is 0 Å². The molecule has 2 aliphatic rings. The van der Waals surface area contributed by atoms with E-state index in [0.29, 0.717) is 31.6 Å². The normalized spacial score (nSPS) is 17.9. The van der Waals surface area contributed by atoms with Gasteiger partial charge in [-0.15, -0.1) is 0 Å². The lowest BCUT2D eigenvalue weighted by Gasteiger charge is -2.34. The van der Waals surface area contributed by atoms with Crippen LogP contribution < -0.4 is 10.1 Å². The summed E-state index contributed by atoms with van der Waals surface area (Å²) in [6.07, 6.45) is 2.21. The van der Waals surface area contributed by atoms with Crippen molar-refractivity contribution in [1.82, 2.24) is 15.1 Å². The fourth-order valence-electron chi connectivity index (χ4n) is 3.48. The second-order valence-corrected chi connectivity index (χ2v) is 7.96. The van der Waals surface area contributed by atoms with E-state index in [-0.39, 0.29) is 18.4 Å². The van der Waals surface area contributed by atoms with Crippen LogP contribution in [0.2, 0.25) is 0 Å². The quantitative estimate of drug-likeness (QED) is 0.793. The first kappa shape index (κ1) is 19.7. The zero-order valence-corrected chi connectivity index (χ0v) is 16.7. The van der Waals surface area contributed by atoms with Crippen LogP contribution in [0.15, 0.2) is 18.2 Å². The molecular formula is C21H31N3O3. The third kappa shape index (κ3) is 5.70. The van der Waals surface area contributed by atoms with Crippen molar-refractivity contribution >= 4 is 11.8 Å². The molecule has 3 rings (SSSR count). The molecule has 1 saturated heterocycles. The Labute approximate surface area is 161 Å². The third-order valence-electron chi connectivity index (χ3n) is 5.26. The molecule has 0 radical (unpaired) electrons.